The van der Waals surface area contributed by atoms with Gasteiger partial charge in [-0.3, -0.25) is 9.20 Å². The number of nitro groups is 1. The van der Waals surface area contributed by atoms with Crippen LogP contribution in [0.3, 0.4) is 0 Å². The van der Waals surface area contributed by atoms with Crippen LogP contribution in [-0.4, -0.2) is 35.2 Å². The van der Waals surface area contributed by atoms with Gasteiger partial charge in [-0.2, -0.15) is 0 Å². The molecule has 3 aromatic heterocycles. The highest BCUT2D eigenvalue weighted by Gasteiger charge is 2.17. The van der Waals surface area contributed by atoms with E-state index in [9.17, 15) is 14.9 Å². The number of rotatable bonds is 5. The molecular formula is C13H10ClN5O4. The lowest BCUT2D eigenvalue weighted by Crippen LogP contribution is -2.09. The molecule has 3 rings (SSSR count). The largest absolute Gasteiger partial charge is 0.481 e. The van der Waals surface area contributed by atoms with Gasteiger partial charge in [-0.15, -0.1) is 0 Å². The Balaban J connectivity index is 2.02. The van der Waals surface area contributed by atoms with Crippen molar-refractivity contribution >= 4 is 23.2 Å². The smallest absolute Gasteiger partial charge is 0.308 e. The van der Waals surface area contributed by atoms with Crippen LogP contribution in [0.25, 0.3) is 5.65 Å². The number of carboxylic acids is 1. The highest BCUT2D eigenvalue weighted by atomic mass is 35.5. The van der Waals surface area contributed by atoms with Gasteiger partial charge in [0.25, 0.3) is 0 Å². The molecule has 0 radical (unpaired) electrons. The zero-order chi connectivity index (χ0) is 16.6. The molecule has 23 heavy (non-hydrogen) atoms. The van der Waals surface area contributed by atoms with Crippen molar-refractivity contribution in [1.29, 1.82) is 0 Å². The molecule has 118 valence electrons. The Morgan fingerprint density at radius 2 is 2.22 bits per heavy atom. The molecule has 0 saturated heterocycles. The monoisotopic (exact) mass is 335 g/mol. The third kappa shape index (κ3) is 2.86. The lowest BCUT2D eigenvalue weighted by Gasteiger charge is -2.09. The number of nitrogens with zero attached hydrogens (tertiary/aromatic N) is 5. The zero-order valence-corrected chi connectivity index (χ0v) is 12.3. The van der Waals surface area contributed by atoms with Crippen molar-refractivity contribution in [2.75, 3.05) is 0 Å². The second-order valence-corrected chi connectivity index (χ2v) is 5.16. The summed E-state index contributed by atoms with van der Waals surface area (Å²) in [6, 6.07) is 1.60. The highest BCUT2D eigenvalue weighted by molar-refractivity contribution is 6.30. The molecule has 0 aliphatic heterocycles. The van der Waals surface area contributed by atoms with Gasteiger partial charge in [0.05, 0.1) is 18.8 Å². The predicted octanol–water partition coefficient (Wildman–Crippen LogP) is 1.44. The van der Waals surface area contributed by atoms with Crippen LogP contribution in [0.2, 0.25) is 5.15 Å². The molecule has 0 aliphatic rings. The normalized spacial score (nSPS) is 11.0. The molecular weight excluding hydrogens is 326 g/mol. The van der Waals surface area contributed by atoms with Crippen molar-refractivity contribution in [3.05, 3.63) is 63.1 Å². The van der Waals surface area contributed by atoms with E-state index < -0.39 is 11.0 Å². The van der Waals surface area contributed by atoms with Gasteiger partial charge in [0.1, 0.15) is 16.6 Å². The number of fused-ring (bicyclic) bond motifs is 1. The predicted molar refractivity (Wildman–Crippen MR) is 79.0 cm³/mol. The average molecular weight is 336 g/mol. The van der Waals surface area contributed by atoms with E-state index in [2.05, 4.69) is 9.97 Å². The first-order chi connectivity index (χ1) is 11.0. The van der Waals surface area contributed by atoms with Gasteiger partial charge in [-0.25, -0.2) is 20.1 Å². The topological polar surface area (TPSA) is 116 Å². The van der Waals surface area contributed by atoms with Crippen LogP contribution in [-0.2, 0) is 17.6 Å². The Hall–Kier alpha value is -2.94. The first-order valence-corrected chi connectivity index (χ1v) is 6.87. The summed E-state index contributed by atoms with van der Waals surface area (Å²) < 4.78 is 2.48. The molecule has 0 aromatic carbocycles. The van der Waals surface area contributed by atoms with Crippen LogP contribution in [0.4, 0.5) is 0 Å². The Kier molecular flexibility index (Phi) is 3.70. The molecule has 0 amide bonds. The molecule has 3 aromatic rings. The van der Waals surface area contributed by atoms with Gasteiger partial charge < -0.3 is 5.11 Å². The fraction of sp³-hybridized carbons (Fsp3) is 0.154. The van der Waals surface area contributed by atoms with Crippen molar-refractivity contribution in [1.82, 2.24) is 19.0 Å². The second-order valence-electron chi connectivity index (χ2n) is 4.80. The standard InChI is InChI=1S/C13H10ClN5O4/c14-12-9(6-11(20)21)13-15-2-4-18(13)10(16-12)5-8-1-3-17(7-8)19(22)23/h1-4,7H,5-6H2,(H,20,21). The number of aliphatic carboxylic acids is 1. The van der Waals surface area contributed by atoms with Crippen LogP contribution in [0.1, 0.15) is 17.0 Å². The van der Waals surface area contributed by atoms with E-state index in [-0.39, 0.29) is 11.6 Å². The maximum absolute atomic E-state index is 10.9. The molecule has 0 unspecified atom stereocenters. The van der Waals surface area contributed by atoms with E-state index in [1.807, 2.05) is 0 Å². The SMILES string of the molecule is O=C(O)Cc1c(Cl)nc(Cc2ccn([N+](=O)[O-])c2)n2ccnc12. The van der Waals surface area contributed by atoms with Crippen molar-refractivity contribution in [2.24, 2.45) is 0 Å². The number of hydrogen-bond acceptors (Lipinski definition) is 5. The maximum atomic E-state index is 10.9. The Morgan fingerprint density at radius 1 is 1.43 bits per heavy atom. The third-order valence-electron chi connectivity index (χ3n) is 3.28. The van der Waals surface area contributed by atoms with Gasteiger partial charge >= 0.3 is 5.97 Å². The van der Waals surface area contributed by atoms with Crippen molar-refractivity contribution < 1.29 is 14.9 Å². The second kappa shape index (κ2) is 5.69. The van der Waals surface area contributed by atoms with E-state index in [1.165, 1.54) is 18.6 Å². The van der Waals surface area contributed by atoms with Gasteiger partial charge in [0.15, 0.2) is 5.03 Å². The minimum absolute atomic E-state index is 0.0646. The van der Waals surface area contributed by atoms with E-state index in [1.54, 1.807) is 16.7 Å². The van der Waals surface area contributed by atoms with E-state index >= 15 is 0 Å². The average Bonchev–Trinajstić information content (AvgIpc) is 3.11. The van der Waals surface area contributed by atoms with Crippen molar-refractivity contribution in [2.45, 2.75) is 12.8 Å². The van der Waals surface area contributed by atoms with Crippen LogP contribution in [0, 0.1) is 10.1 Å². The lowest BCUT2D eigenvalue weighted by molar-refractivity contribution is -0.542. The minimum Gasteiger partial charge on any atom is -0.481 e. The van der Waals surface area contributed by atoms with Crippen LogP contribution < -0.4 is 0 Å². The molecule has 1 N–H and O–H groups in total. The molecule has 0 aliphatic carbocycles. The Morgan fingerprint density at radius 3 is 2.87 bits per heavy atom. The number of aromatic nitrogens is 4. The summed E-state index contributed by atoms with van der Waals surface area (Å²) in [5.74, 6) is -0.521. The summed E-state index contributed by atoms with van der Waals surface area (Å²) >= 11 is 6.09. The molecule has 0 atom stereocenters. The quantitative estimate of drug-likeness (QED) is 0.428. The summed E-state index contributed by atoms with van der Waals surface area (Å²) in [4.78, 5) is 30.0. The fourth-order valence-corrected chi connectivity index (χ4v) is 2.56. The van der Waals surface area contributed by atoms with Crippen molar-refractivity contribution in [3.8, 4) is 0 Å². The van der Waals surface area contributed by atoms with Gasteiger partial charge in [-0.1, -0.05) is 16.3 Å². The van der Waals surface area contributed by atoms with Crippen LogP contribution in [0.5, 0.6) is 0 Å². The van der Waals surface area contributed by atoms with Gasteiger partial charge in [-0.05, 0) is 11.6 Å². The molecule has 0 saturated carbocycles. The third-order valence-corrected chi connectivity index (χ3v) is 3.60. The Bertz CT molecular complexity index is 916. The highest BCUT2D eigenvalue weighted by Crippen LogP contribution is 2.22. The van der Waals surface area contributed by atoms with Crippen LogP contribution in [0.15, 0.2) is 30.9 Å². The maximum Gasteiger partial charge on any atom is 0.308 e. The summed E-state index contributed by atoms with van der Waals surface area (Å²) in [6.45, 7) is 0. The molecule has 0 fully saturated rings. The number of carbonyl (C=O) groups is 1. The fourth-order valence-electron chi connectivity index (χ4n) is 2.31. The van der Waals surface area contributed by atoms with Crippen LogP contribution >= 0.6 is 11.6 Å². The van der Waals surface area contributed by atoms with E-state index in [0.717, 1.165) is 4.68 Å². The van der Waals surface area contributed by atoms with Gasteiger partial charge in [0.2, 0.25) is 0 Å². The summed E-state index contributed by atoms with van der Waals surface area (Å²) in [7, 11) is 0. The van der Waals surface area contributed by atoms with E-state index in [0.29, 0.717) is 29.0 Å². The lowest BCUT2D eigenvalue weighted by atomic mass is 10.2. The van der Waals surface area contributed by atoms with Gasteiger partial charge in [0, 0.05) is 24.4 Å². The zero-order valence-electron chi connectivity index (χ0n) is 11.6. The Labute approximate surface area is 133 Å². The van der Waals surface area contributed by atoms with E-state index in [4.69, 9.17) is 16.7 Å². The first-order valence-electron chi connectivity index (χ1n) is 6.49. The minimum atomic E-state index is -1.03. The molecule has 3 heterocycles. The number of halogens is 1. The van der Waals surface area contributed by atoms with Crippen molar-refractivity contribution in [3.63, 3.8) is 0 Å². The summed E-state index contributed by atoms with van der Waals surface area (Å²) in [5.41, 5.74) is 1.41. The molecule has 9 nitrogen and oxygen atoms in total. The summed E-state index contributed by atoms with van der Waals surface area (Å²) in [6.07, 6.45) is 5.88. The molecule has 0 bridgehead atoms. The molecule has 0 spiro atoms. The summed E-state index contributed by atoms with van der Waals surface area (Å²) in [5, 5.41) is 19.2. The molecule has 10 heteroatoms. The first kappa shape index (κ1) is 15.0. The number of hydrogen-bond donors (Lipinski definition) is 1. The number of imidazole rings is 1. The number of carboxylic acid groups (broad SMARTS) is 1.